The third kappa shape index (κ3) is 4.03. The van der Waals surface area contributed by atoms with Crippen LogP contribution in [0.4, 0.5) is 10.5 Å². The van der Waals surface area contributed by atoms with Crippen LogP contribution >= 0.6 is 23.4 Å². The Balaban J connectivity index is 1.82. The lowest BCUT2D eigenvalue weighted by Gasteiger charge is -2.26. The van der Waals surface area contributed by atoms with Crippen molar-refractivity contribution in [2.45, 2.75) is 12.0 Å². The molecule has 1 fully saturated rings. The van der Waals surface area contributed by atoms with Gasteiger partial charge in [0.25, 0.3) is 0 Å². The largest absolute Gasteiger partial charge is 0.376 e. The number of benzene rings is 1. The minimum Gasteiger partial charge on any atom is -0.376 e. The van der Waals surface area contributed by atoms with Gasteiger partial charge in [0.15, 0.2) is 0 Å². The van der Waals surface area contributed by atoms with Gasteiger partial charge in [-0.05, 0) is 36.4 Å². The van der Waals surface area contributed by atoms with Crippen LogP contribution in [-0.4, -0.2) is 36.8 Å². The van der Waals surface area contributed by atoms with E-state index in [4.69, 9.17) is 16.3 Å². The van der Waals surface area contributed by atoms with Crippen molar-refractivity contribution in [2.75, 3.05) is 30.5 Å². The molecule has 1 aliphatic rings. The van der Waals surface area contributed by atoms with E-state index in [1.165, 1.54) is 0 Å². The first-order chi connectivity index (χ1) is 9.13. The molecular weight excluding hydrogens is 284 g/mol. The van der Waals surface area contributed by atoms with Crippen molar-refractivity contribution >= 4 is 35.1 Å². The van der Waals surface area contributed by atoms with Crippen LogP contribution in [0.3, 0.4) is 0 Å². The van der Waals surface area contributed by atoms with Crippen LogP contribution in [0, 0.1) is 0 Å². The summed E-state index contributed by atoms with van der Waals surface area (Å²) >= 11 is 7.64. The Morgan fingerprint density at radius 2 is 2.21 bits per heavy atom. The van der Waals surface area contributed by atoms with E-state index < -0.39 is 0 Å². The normalized spacial score (nSPS) is 22.2. The average molecular weight is 301 g/mol. The number of hydrogen-bond acceptors (Lipinski definition) is 3. The summed E-state index contributed by atoms with van der Waals surface area (Å²) in [7, 11) is 1.70. The molecule has 0 saturated carbocycles. The number of nitrogens with one attached hydrogen (secondary N) is 2. The Morgan fingerprint density at radius 1 is 1.47 bits per heavy atom. The van der Waals surface area contributed by atoms with E-state index in [0.717, 1.165) is 17.9 Å². The molecule has 4 nitrogen and oxygen atoms in total. The summed E-state index contributed by atoms with van der Waals surface area (Å²) in [6, 6.07) is 6.78. The van der Waals surface area contributed by atoms with Gasteiger partial charge in [0, 0.05) is 30.1 Å². The predicted molar refractivity (Wildman–Crippen MR) is 80.2 cm³/mol. The molecule has 1 heterocycles. The zero-order valence-corrected chi connectivity index (χ0v) is 12.3. The predicted octanol–water partition coefficient (Wildman–Crippen LogP) is 2.98. The fraction of sp³-hybridized carbons (Fsp3) is 0.462. The monoisotopic (exact) mass is 300 g/mol. The van der Waals surface area contributed by atoms with Crippen LogP contribution in [0.15, 0.2) is 24.3 Å². The summed E-state index contributed by atoms with van der Waals surface area (Å²) in [6.07, 6.45) is 0.968. The Labute approximate surface area is 122 Å². The van der Waals surface area contributed by atoms with E-state index in [9.17, 15) is 4.79 Å². The second-order valence-corrected chi connectivity index (χ2v) is 6.05. The number of carbonyl (C=O) groups excluding carboxylic acids is 1. The van der Waals surface area contributed by atoms with Gasteiger partial charge in [-0.25, -0.2) is 4.79 Å². The van der Waals surface area contributed by atoms with Gasteiger partial charge >= 0.3 is 6.03 Å². The Morgan fingerprint density at radius 3 is 2.79 bits per heavy atom. The number of rotatable bonds is 4. The number of ether oxygens (including phenoxy) is 1. The van der Waals surface area contributed by atoms with Gasteiger partial charge in [0.2, 0.25) is 0 Å². The summed E-state index contributed by atoms with van der Waals surface area (Å²) in [5.41, 5.74) is 0.497. The highest BCUT2D eigenvalue weighted by Gasteiger charge is 2.34. The van der Waals surface area contributed by atoms with E-state index in [-0.39, 0.29) is 11.6 Å². The Kier molecular flexibility index (Phi) is 4.96. The smallest absolute Gasteiger partial charge is 0.319 e. The van der Waals surface area contributed by atoms with Crippen LogP contribution in [-0.2, 0) is 4.74 Å². The van der Waals surface area contributed by atoms with Crippen LogP contribution < -0.4 is 10.6 Å². The van der Waals surface area contributed by atoms with Crippen LogP contribution in [0.1, 0.15) is 6.42 Å². The molecule has 0 bridgehead atoms. The van der Waals surface area contributed by atoms with E-state index >= 15 is 0 Å². The molecule has 1 atom stereocenters. The highest BCUT2D eigenvalue weighted by Crippen LogP contribution is 2.30. The molecule has 1 unspecified atom stereocenters. The standard InChI is InChI=1S/C13H17ClN2O2S/c1-18-13(6-7-19-9-13)8-15-12(17)16-11-4-2-10(14)3-5-11/h2-5H,6-9H2,1H3,(H2,15,16,17). The molecule has 1 aromatic carbocycles. The summed E-state index contributed by atoms with van der Waals surface area (Å²) in [5.74, 6) is 2.00. The molecule has 2 rings (SSSR count). The highest BCUT2D eigenvalue weighted by atomic mass is 35.5. The second-order valence-electron chi connectivity index (χ2n) is 4.50. The lowest BCUT2D eigenvalue weighted by molar-refractivity contribution is 0.0161. The number of halogens is 1. The zero-order chi connectivity index (χ0) is 13.7. The zero-order valence-electron chi connectivity index (χ0n) is 10.7. The molecule has 1 saturated heterocycles. The number of methoxy groups -OCH3 is 1. The number of carbonyl (C=O) groups is 1. The molecule has 2 N–H and O–H groups in total. The van der Waals surface area contributed by atoms with E-state index in [1.807, 2.05) is 11.8 Å². The summed E-state index contributed by atoms with van der Waals surface area (Å²) < 4.78 is 5.53. The number of amides is 2. The maximum absolute atomic E-state index is 11.8. The van der Waals surface area contributed by atoms with Gasteiger partial charge in [-0.3, -0.25) is 0 Å². The third-order valence-electron chi connectivity index (χ3n) is 3.17. The summed E-state index contributed by atoms with van der Waals surface area (Å²) in [5, 5.41) is 6.27. The van der Waals surface area contributed by atoms with Crippen molar-refractivity contribution in [3.8, 4) is 0 Å². The van der Waals surface area contributed by atoms with Crippen LogP contribution in [0.2, 0.25) is 5.02 Å². The Bertz CT molecular complexity index is 433. The summed E-state index contributed by atoms with van der Waals surface area (Å²) in [6.45, 7) is 0.524. The van der Waals surface area contributed by atoms with Gasteiger partial charge in [-0.15, -0.1) is 0 Å². The lowest BCUT2D eigenvalue weighted by Crippen LogP contribution is -2.45. The van der Waals surface area contributed by atoms with E-state index in [2.05, 4.69) is 10.6 Å². The van der Waals surface area contributed by atoms with Crippen molar-refractivity contribution in [3.05, 3.63) is 29.3 Å². The van der Waals surface area contributed by atoms with E-state index in [1.54, 1.807) is 31.4 Å². The van der Waals surface area contributed by atoms with Gasteiger partial charge in [-0.1, -0.05) is 11.6 Å². The first-order valence-corrected chi connectivity index (χ1v) is 7.60. The van der Waals surface area contributed by atoms with Crippen molar-refractivity contribution in [3.63, 3.8) is 0 Å². The molecule has 0 aliphatic carbocycles. The molecular formula is C13H17ClN2O2S. The highest BCUT2D eigenvalue weighted by molar-refractivity contribution is 7.99. The van der Waals surface area contributed by atoms with Crippen LogP contribution in [0.5, 0.6) is 0 Å². The number of anilines is 1. The quantitative estimate of drug-likeness (QED) is 0.899. The minimum atomic E-state index is -0.226. The molecule has 0 radical (unpaired) electrons. The van der Waals surface area contributed by atoms with Crippen molar-refractivity contribution < 1.29 is 9.53 Å². The minimum absolute atomic E-state index is 0.220. The number of thioether (sulfide) groups is 1. The van der Waals surface area contributed by atoms with E-state index in [0.29, 0.717) is 17.3 Å². The topological polar surface area (TPSA) is 50.4 Å². The number of urea groups is 1. The lowest BCUT2D eigenvalue weighted by atomic mass is 10.0. The fourth-order valence-electron chi connectivity index (χ4n) is 1.91. The molecule has 1 aliphatic heterocycles. The molecule has 2 amide bonds. The first kappa shape index (κ1) is 14.5. The molecule has 19 heavy (non-hydrogen) atoms. The van der Waals surface area contributed by atoms with Crippen molar-refractivity contribution in [1.82, 2.24) is 5.32 Å². The van der Waals surface area contributed by atoms with Gasteiger partial charge in [0.1, 0.15) is 0 Å². The fourth-order valence-corrected chi connectivity index (χ4v) is 3.43. The SMILES string of the molecule is COC1(CNC(=O)Nc2ccc(Cl)cc2)CCSC1. The van der Waals surface area contributed by atoms with Crippen LogP contribution in [0.25, 0.3) is 0 Å². The van der Waals surface area contributed by atoms with Gasteiger partial charge in [0.05, 0.1) is 5.60 Å². The first-order valence-electron chi connectivity index (χ1n) is 6.07. The van der Waals surface area contributed by atoms with Crippen molar-refractivity contribution in [2.24, 2.45) is 0 Å². The molecule has 6 heteroatoms. The third-order valence-corrected chi connectivity index (χ3v) is 4.65. The molecule has 104 valence electrons. The van der Waals surface area contributed by atoms with Gasteiger partial charge < -0.3 is 15.4 Å². The number of hydrogen-bond donors (Lipinski definition) is 2. The maximum atomic E-state index is 11.8. The summed E-state index contributed by atoms with van der Waals surface area (Å²) in [4.78, 5) is 11.8. The molecule has 0 aromatic heterocycles. The van der Waals surface area contributed by atoms with Crippen molar-refractivity contribution in [1.29, 1.82) is 0 Å². The Hall–Kier alpha value is -0.910. The van der Waals surface area contributed by atoms with Gasteiger partial charge in [-0.2, -0.15) is 11.8 Å². The maximum Gasteiger partial charge on any atom is 0.319 e. The average Bonchev–Trinajstić information content (AvgIpc) is 2.89. The second kappa shape index (κ2) is 6.50. The molecule has 0 spiro atoms. The molecule has 1 aromatic rings.